The van der Waals surface area contributed by atoms with Crippen LogP contribution < -0.4 is 5.73 Å². The van der Waals surface area contributed by atoms with Gasteiger partial charge in [-0.3, -0.25) is 0 Å². The van der Waals surface area contributed by atoms with Crippen molar-refractivity contribution < 1.29 is 0 Å². The second-order valence-electron chi connectivity index (χ2n) is 5.24. The summed E-state index contributed by atoms with van der Waals surface area (Å²) in [6.07, 6.45) is 1.60. The number of nitrogen functional groups attached to an aromatic ring is 1. The number of thioether (sulfide) groups is 1. The largest absolute Gasteiger partial charge is 0.399 e. The van der Waals surface area contributed by atoms with Crippen molar-refractivity contribution in [2.45, 2.75) is 24.6 Å². The monoisotopic (exact) mass is 295 g/mol. The summed E-state index contributed by atoms with van der Waals surface area (Å²) in [6.45, 7) is 4.26. The summed E-state index contributed by atoms with van der Waals surface area (Å²) >= 11 is 1.73. The fraction of sp³-hybridized carbons (Fsp3) is 0.176. The number of fused-ring (bicyclic) bond motifs is 1. The molecule has 0 fully saturated rings. The maximum atomic E-state index is 5.81. The third-order valence-electron chi connectivity index (χ3n) is 3.28. The van der Waals surface area contributed by atoms with E-state index in [1.54, 1.807) is 18.1 Å². The third-order valence-corrected chi connectivity index (χ3v) is 4.36. The van der Waals surface area contributed by atoms with Gasteiger partial charge in [0.2, 0.25) is 0 Å². The minimum absolute atomic E-state index is 0.728. The van der Waals surface area contributed by atoms with Crippen LogP contribution in [0, 0.1) is 13.8 Å². The Bertz CT molecular complexity index is 779. The van der Waals surface area contributed by atoms with Gasteiger partial charge in [-0.25, -0.2) is 9.97 Å². The summed E-state index contributed by atoms with van der Waals surface area (Å²) in [5.74, 6) is 0.902. The van der Waals surface area contributed by atoms with Crippen LogP contribution in [0.4, 0.5) is 5.69 Å². The maximum absolute atomic E-state index is 5.81. The molecule has 2 aromatic carbocycles. The highest BCUT2D eigenvalue weighted by atomic mass is 32.2. The smallest absolute Gasteiger partial charge is 0.117 e. The molecule has 21 heavy (non-hydrogen) atoms. The molecule has 0 aliphatic rings. The molecule has 3 nitrogen and oxygen atoms in total. The summed E-state index contributed by atoms with van der Waals surface area (Å²) < 4.78 is 0. The van der Waals surface area contributed by atoms with Crippen molar-refractivity contribution in [3.05, 3.63) is 59.4 Å². The molecule has 0 saturated carbocycles. The molecule has 0 atom stereocenters. The Kier molecular flexibility index (Phi) is 3.80. The topological polar surface area (TPSA) is 51.8 Å². The lowest BCUT2D eigenvalue weighted by atomic mass is 10.1. The van der Waals surface area contributed by atoms with E-state index in [2.05, 4.69) is 42.0 Å². The summed E-state index contributed by atoms with van der Waals surface area (Å²) in [5.41, 5.74) is 11.3. The predicted molar refractivity (Wildman–Crippen MR) is 89.4 cm³/mol. The van der Waals surface area contributed by atoms with Crippen molar-refractivity contribution in [2.75, 3.05) is 5.73 Å². The number of aromatic nitrogens is 2. The van der Waals surface area contributed by atoms with Gasteiger partial charge in [0.1, 0.15) is 11.4 Å². The Morgan fingerprint density at radius 1 is 1.00 bits per heavy atom. The number of benzene rings is 2. The Labute approximate surface area is 128 Å². The second-order valence-corrected chi connectivity index (χ2v) is 6.20. The average Bonchev–Trinajstić information content (AvgIpc) is 2.43. The highest BCUT2D eigenvalue weighted by molar-refractivity contribution is 7.98. The Morgan fingerprint density at radius 2 is 1.76 bits per heavy atom. The molecular formula is C17H17N3S. The van der Waals surface area contributed by atoms with Crippen molar-refractivity contribution >= 4 is 28.4 Å². The van der Waals surface area contributed by atoms with Gasteiger partial charge in [-0.15, -0.1) is 11.8 Å². The Morgan fingerprint density at radius 3 is 2.52 bits per heavy atom. The fourth-order valence-corrected chi connectivity index (χ4v) is 3.39. The quantitative estimate of drug-likeness (QED) is 0.448. The fourth-order valence-electron chi connectivity index (χ4n) is 2.47. The van der Waals surface area contributed by atoms with E-state index >= 15 is 0 Å². The van der Waals surface area contributed by atoms with Crippen LogP contribution in [0.25, 0.3) is 10.9 Å². The van der Waals surface area contributed by atoms with E-state index in [0.717, 1.165) is 27.4 Å². The second kappa shape index (κ2) is 5.74. The first-order valence-electron chi connectivity index (χ1n) is 6.82. The number of rotatable bonds is 3. The SMILES string of the molecule is Cc1cc(C)cc(CSc2ncnc3cc(N)ccc23)c1. The van der Waals surface area contributed by atoms with Gasteiger partial charge in [0, 0.05) is 16.8 Å². The van der Waals surface area contributed by atoms with Gasteiger partial charge in [0.05, 0.1) is 5.52 Å². The maximum Gasteiger partial charge on any atom is 0.117 e. The first-order valence-corrected chi connectivity index (χ1v) is 7.80. The number of nitrogens with two attached hydrogens (primary N) is 1. The molecule has 2 N–H and O–H groups in total. The lowest BCUT2D eigenvalue weighted by Crippen LogP contribution is -1.91. The molecule has 1 heterocycles. The molecule has 106 valence electrons. The minimum Gasteiger partial charge on any atom is -0.399 e. The Balaban J connectivity index is 1.88. The molecule has 0 aliphatic carbocycles. The standard InChI is InChI=1S/C17H17N3S/c1-11-5-12(2)7-13(6-11)9-21-17-15-4-3-14(18)8-16(15)19-10-20-17/h3-8,10H,9,18H2,1-2H3. The number of hydrogen-bond donors (Lipinski definition) is 1. The zero-order valence-electron chi connectivity index (χ0n) is 12.1. The molecule has 0 aliphatic heterocycles. The summed E-state index contributed by atoms with van der Waals surface area (Å²) in [6, 6.07) is 12.4. The summed E-state index contributed by atoms with van der Waals surface area (Å²) in [7, 11) is 0. The van der Waals surface area contributed by atoms with Crippen LogP contribution >= 0.6 is 11.8 Å². The van der Waals surface area contributed by atoms with Gasteiger partial charge in [-0.2, -0.15) is 0 Å². The van der Waals surface area contributed by atoms with Crippen molar-refractivity contribution in [3.63, 3.8) is 0 Å². The average molecular weight is 295 g/mol. The van der Waals surface area contributed by atoms with Crippen LogP contribution in [0.2, 0.25) is 0 Å². The van der Waals surface area contributed by atoms with Gasteiger partial charge in [0.15, 0.2) is 0 Å². The van der Waals surface area contributed by atoms with Crippen molar-refractivity contribution in [2.24, 2.45) is 0 Å². The first kappa shape index (κ1) is 13.9. The molecule has 0 radical (unpaired) electrons. The van der Waals surface area contributed by atoms with Crippen LogP contribution in [0.3, 0.4) is 0 Å². The van der Waals surface area contributed by atoms with Crippen LogP contribution in [-0.2, 0) is 5.75 Å². The zero-order chi connectivity index (χ0) is 14.8. The van der Waals surface area contributed by atoms with Gasteiger partial charge in [-0.05, 0) is 37.6 Å². The highest BCUT2D eigenvalue weighted by Crippen LogP contribution is 2.28. The molecule has 0 saturated heterocycles. The lowest BCUT2D eigenvalue weighted by molar-refractivity contribution is 1.10. The van der Waals surface area contributed by atoms with Gasteiger partial charge >= 0.3 is 0 Å². The molecule has 0 bridgehead atoms. The van der Waals surface area contributed by atoms with E-state index in [1.807, 2.05) is 18.2 Å². The van der Waals surface area contributed by atoms with E-state index in [9.17, 15) is 0 Å². The van der Waals surface area contributed by atoms with E-state index in [4.69, 9.17) is 5.73 Å². The number of hydrogen-bond acceptors (Lipinski definition) is 4. The molecule has 4 heteroatoms. The van der Waals surface area contributed by atoms with Crippen molar-refractivity contribution in [1.29, 1.82) is 0 Å². The van der Waals surface area contributed by atoms with Crippen LogP contribution in [-0.4, -0.2) is 9.97 Å². The van der Waals surface area contributed by atoms with Gasteiger partial charge in [0.25, 0.3) is 0 Å². The molecule has 3 aromatic rings. The molecule has 1 aromatic heterocycles. The third kappa shape index (κ3) is 3.16. The van der Waals surface area contributed by atoms with Gasteiger partial charge in [-0.1, -0.05) is 29.3 Å². The molecule has 0 unspecified atom stereocenters. The van der Waals surface area contributed by atoms with Gasteiger partial charge < -0.3 is 5.73 Å². The van der Waals surface area contributed by atoms with Crippen molar-refractivity contribution in [1.82, 2.24) is 9.97 Å². The normalized spacial score (nSPS) is 11.0. The van der Waals surface area contributed by atoms with Crippen LogP contribution in [0.15, 0.2) is 47.8 Å². The minimum atomic E-state index is 0.728. The zero-order valence-corrected chi connectivity index (χ0v) is 12.9. The number of aryl methyl sites for hydroxylation is 2. The van der Waals surface area contributed by atoms with E-state index in [1.165, 1.54) is 16.7 Å². The number of nitrogens with zero attached hydrogens (tertiary/aromatic N) is 2. The van der Waals surface area contributed by atoms with Crippen molar-refractivity contribution in [3.8, 4) is 0 Å². The summed E-state index contributed by atoms with van der Waals surface area (Å²) in [4.78, 5) is 8.69. The first-order chi connectivity index (χ1) is 10.1. The summed E-state index contributed by atoms with van der Waals surface area (Å²) in [5, 5.41) is 2.06. The lowest BCUT2D eigenvalue weighted by Gasteiger charge is -2.07. The van der Waals surface area contributed by atoms with E-state index < -0.39 is 0 Å². The molecule has 0 spiro atoms. The van der Waals surface area contributed by atoms with Crippen LogP contribution in [0.1, 0.15) is 16.7 Å². The van der Waals surface area contributed by atoms with E-state index in [-0.39, 0.29) is 0 Å². The molecule has 0 amide bonds. The predicted octanol–water partition coefficient (Wildman–Crippen LogP) is 4.12. The molecule has 3 rings (SSSR count). The highest BCUT2D eigenvalue weighted by Gasteiger charge is 2.05. The van der Waals surface area contributed by atoms with Crippen LogP contribution in [0.5, 0.6) is 0 Å². The van der Waals surface area contributed by atoms with E-state index in [0.29, 0.717) is 0 Å². The number of anilines is 1. The molecular weight excluding hydrogens is 278 g/mol. The Hall–Kier alpha value is -2.07.